The third-order valence-corrected chi connectivity index (χ3v) is 4.99. The lowest BCUT2D eigenvalue weighted by atomic mass is 10.1. The number of pyridine rings is 1. The fourth-order valence-corrected chi connectivity index (χ4v) is 3.80. The number of hydrogen-bond donors (Lipinski definition) is 0. The zero-order valence-corrected chi connectivity index (χ0v) is 13.7. The van der Waals surface area contributed by atoms with Crippen LogP contribution in [0.2, 0.25) is 0 Å². The SMILES string of the molecule is O=c1c2ccccc2n(CCCN2CCCC2)c2ccc(F)cc12. The van der Waals surface area contributed by atoms with Gasteiger partial charge in [0.15, 0.2) is 5.43 Å². The van der Waals surface area contributed by atoms with Crippen molar-refractivity contribution in [2.45, 2.75) is 25.8 Å². The first kappa shape index (κ1) is 15.3. The Hall–Kier alpha value is -2.20. The topological polar surface area (TPSA) is 25.2 Å². The lowest BCUT2D eigenvalue weighted by Gasteiger charge is -2.18. The highest BCUT2D eigenvalue weighted by atomic mass is 19.1. The molecule has 4 rings (SSSR count). The van der Waals surface area contributed by atoms with Gasteiger partial charge in [-0.15, -0.1) is 0 Å². The van der Waals surface area contributed by atoms with Crippen molar-refractivity contribution in [1.29, 1.82) is 0 Å². The molecule has 0 aliphatic carbocycles. The van der Waals surface area contributed by atoms with Crippen molar-refractivity contribution in [3.05, 3.63) is 58.5 Å². The van der Waals surface area contributed by atoms with E-state index in [0.717, 1.165) is 30.5 Å². The lowest BCUT2D eigenvalue weighted by molar-refractivity contribution is 0.327. The van der Waals surface area contributed by atoms with Crippen molar-refractivity contribution < 1.29 is 4.39 Å². The van der Waals surface area contributed by atoms with Crippen LogP contribution in [0.5, 0.6) is 0 Å². The van der Waals surface area contributed by atoms with Crippen LogP contribution in [0.3, 0.4) is 0 Å². The van der Waals surface area contributed by atoms with Gasteiger partial charge in [-0.05, 0) is 69.2 Å². The molecule has 124 valence electrons. The van der Waals surface area contributed by atoms with E-state index in [2.05, 4.69) is 9.47 Å². The molecule has 1 saturated heterocycles. The quantitative estimate of drug-likeness (QED) is 0.683. The second-order valence-electron chi connectivity index (χ2n) is 6.56. The minimum atomic E-state index is -0.363. The number of fused-ring (bicyclic) bond motifs is 2. The maximum absolute atomic E-state index is 13.6. The van der Waals surface area contributed by atoms with Crippen LogP contribution < -0.4 is 5.43 Å². The van der Waals surface area contributed by atoms with Gasteiger partial charge in [0.05, 0.1) is 11.0 Å². The first-order chi connectivity index (χ1) is 11.7. The smallest absolute Gasteiger partial charge is 0.197 e. The predicted molar refractivity (Wildman–Crippen MR) is 96.0 cm³/mol. The van der Waals surface area contributed by atoms with Gasteiger partial charge in [-0.1, -0.05) is 12.1 Å². The highest BCUT2D eigenvalue weighted by Gasteiger charge is 2.13. The summed E-state index contributed by atoms with van der Waals surface area (Å²) < 4.78 is 15.8. The van der Waals surface area contributed by atoms with E-state index in [9.17, 15) is 9.18 Å². The van der Waals surface area contributed by atoms with E-state index in [4.69, 9.17) is 0 Å². The summed E-state index contributed by atoms with van der Waals surface area (Å²) in [5, 5.41) is 1.13. The standard InChI is InChI=1S/C20H21FN2O/c21-15-8-9-19-17(14-15)20(24)16-6-1-2-7-18(16)23(19)13-5-12-22-10-3-4-11-22/h1-2,6-9,14H,3-5,10-13H2. The van der Waals surface area contributed by atoms with Crippen LogP contribution in [0, 0.1) is 5.82 Å². The number of aromatic nitrogens is 1. The summed E-state index contributed by atoms with van der Waals surface area (Å²) >= 11 is 0. The van der Waals surface area contributed by atoms with Gasteiger partial charge in [0.2, 0.25) is 0 Å². The van der Waals surface area contributed by atoms with Crippen molar-refractivity contribution in [3.8, 4) is 0 Å². The minimum absolute atomic E-state index is 0.0871. The Balaban J connectivity index is 1.78. The molecule has 1 aliphatic heterocycles. The van der Waals surface area contributed by atoms with E-state index in [1.807, 2.05) is 24.3 Å². The Kier molecular flexibility index (Phi) is 4.07. The molecule has 0 spiro atoms. The number of likely N-dealkylation sites (tertiary alicyclic amines) is 1. The third-order valence-electron chi connectivity index (χ3n) is 4.99. The second-order valence-corrected chi connectivity index (χ2v) is 6.56. The predicted octanol–water partition coefficient (Wildman–Crippen LogP) is 3.78. The summed E-state index contributed by atoms with van der Waals surface area (Å²) in [6.07, 6.45) is 3.62. The van der Waals surface area contributed by atoms with Crippen LogP contribution in [0.25, 0.3) is 21.8 Å². The summed E-state index contributed by atoms with van der Waals surface area (Å²) in [4.78, 5) is 15.2. The normalized spacial score (nSPS) is 15.5. The van der Waals surface area contributed by atoms with Crippen molar-refractivity contribution in [2.24, 2.45) is 0 Å². The molecule has 1 fully saturated rings. The van der Waals surface area contributed by atoms with Crippen LogP contribution >= 0.6 is 0 Å². The molecule has 1 aromatic heterocycles. The fourth-order valence-electron chi connectivity index (χ4n) is 3.80. The largest absolute Gasteiger partial charge is 0.340 e. The van der Waals surface area contributed by atoms with Crippen LogP contribution in [-0.2, 0) is 6.54 Å². The van der Waals surface area contributed by atoms with E-state index in [1.54, 1.807) is 6.07 Å². The molecule has 3 nitrogen and oxygen atoms in total. The van der Waals surface area contributed by atoms with Gasteiger partial charge < -0.3 is 9.47 Å². The molecule has 4 heteroatoms. The van der Waals surface area contributed by atoms with E-state index in [1.165, 1.54) is 38.1 Å². The average Bonchev–Trinajstić information content (AvgIpc) is 3.11. The zero-order valence-electron chi connectivity index (χ0n) is 13.7. The van der Waals surface area contributed by atoms with Gasteiger partial charge in [0.25, 0.3) is 0 Å². The molecule has 0 bridgehead atoms. The Labute approximate surface area is 140 Å². The molecule has 24 heavy (non-hydrogen) atoms. The highest BCUT2D eigenvalue weighted by Crippen LogP contribution is 2.21. The molecule has 0 unspecified atom stereocenters. The number of benzene rings is 2. The monoisotopic (exact) mass is 324 g/mol. The molecule has 0 radical (unpaired) electrons. The third kappa shape index (κ3) is 2.71. The molecule has 1 aliphatic rings. The van der Waals surface area contributed by atoms with Crippen molar-refractivity contribution >= 4 is 21.8 Å². The van der Waals surface area contributed by atoms with Gasteiger partial charge >= 0.3 is 0 Å². The Morgan fingerprint density at radius 2 is 1.67 bits per heavy atom. The number of halogens is 1. The van der Waals surface area contributed by atoms with E-state index >= 15 is 0 Å². The minimum Gasteiger partial charge on any atom is -0.340 e. The number of para-hydroxylation sites is 1. The first-order valence-corrected chi connectivity index (χ1v) is 8.67. The molecule has 0 atom stereocenters. The van der Waals surface area contributed by atoms with Gasteiger partial charge in [0.1, 0.15) is 5.82 Å². The highest BCUT2D eigenvalue weighted by molar-refractivity contribution is 5.93. The molecule has 0 saturated carbocycles. The second kappa shape index (κ2) is 6.36. The van der Waals surface area contributed by atoms with E-state index in [-0.39, 0.29) is 11.2 Å². The van der Waals surface area contributed by atoms with Gasteiger partial charge in [-0.25, -0.2) is 4.39 Å². The van der Waals surface area contributed by atoms with Gasteiger partial charge in [-0.2, -0.15) is 0 Å². The maximum Gasteiger partial charge on any atom is 0.197 e. The molecular formula is C20H21FN2O. The summed E-state index contributed by atoms with van der Waals surface area (Å²) in [7, 11) is 0. The van der Waals surface area contributed by atoms with E-state index < -0.39 is 0 Å². The van der Waals surface area contributed by atoms with Crippen molar-refractivity contribution in [2.75, 3.05) is 19.6 Å². The van der Waals surface area contributed by atoms with Gasteiger partial charge in [0, 0.05) is 17.3 Å². The van der Waals surface area contributed by atoms with Crippen molar-refractivity contribution in [3.63, 3.8) is 0 Å². The summed E-state index contributed by atoms with van der Waals surface area (Å²) in [5.74, 6) is -0.363. The molecule has 0 N–H and O–H groups in total. The van der Waals surface area contributed by atoms with Crippen molar-refractivity contribution in [1.82, 2.24) is 9.47 Å². The number of hydrogen-bond acceptors (Lipinski definition) is 2. The van der Waals surface area contributed by atoms with Crippen LogP contribution in [0.1, 0.15) is 19.3 Å². The molecule has 2 heterocycles. The average molecular weight is 324 g/mol. The molecule has 3 aromatic rings. The van der Waals surface area contributed by atoms with Gasteiger partial charge in [-0.3, -0.25) is 4.79 Å². The Morgan fingerprint density at radius 3 is 2.50 bits per heavy atom. The Bertz CT molecular complexity index is 941. The summed E-state index contributed by atoms with van der Waals surface area (Å²) in [6, 6.07) is 12.2. The van der Waals surface area contributed by atoms with Crippen LogP contribution in [0.15, 0.2) is 47.3 Å². The molecule has 2 aromatic carbocycles. The fraction of sp³-hybridized carbons (Fsp3) is 0.350. The summed E-state index contributed by atoms with van der Waals surface area (Å²) in [5.41, 5.74) is 1.67. The van der Waals surface area contributed by atoms with E-state index in [0.29, 0.717) is 10.8 Å². The Morgan fingerprint density at radius 1 is 0.917 bits per heavy atom. The number of rotatable bonds is 4. The zero-order chi connectivity index (χ0) is 16.5. The maximum atomic E-state index is 13.6. The number of nitrogens with zero attached hydrogens (tertiary/aromatic N) is 2. The first-order valence-electron chi connectivity index (χ1n) is 8.67. The van der Waals surface area contributed by atoms with Crippen LogP contribution in [-0.4, -0.2) is 29.1 Å². The lowest BCUT2D eigenvalue weighted by Crippen LogP contribution is -2.22. The summed E-state index contributed by atoms with van der Waals surface area (Å²) in [6.45, 7) is 4.29. The molecular weight excluding hydrogens is 303 g/mol. The molecule has 0 amide bonds. The van der Waals surface area contributed by atoms with Crippen LogP contribution in [0.4, 0.5) is 4.39 Å². The number of aryl methyl sites for hydroxylation is 1.